The Morgan fingerprint density at radius 1 is 0.443 bits per heavy atom. The van der Waals surface area contributed by atoms with Crippen LogP contribution in [-0.4, -0.2) is 229 Å². The molecule has 8 fully saturated rings. The first kappa shape index (κ1) is 120. The van der Waals surface area contributed by atoms with E-state index >= 15 is 0 Å². The van der Waals surface area contributed by atoms with Gasteiger partial charge in [0.2, 0.25) is 43.5 Å². The van der Waals surface area contributed by atoms with Crippen molar-refractivity contribution in [3.63, 3.8) is 0 Å². The third-order valence-electron chi connectivity index (χ3n) is 29.2. The van der Waals surface area contributed by atoms with Crippen molar-refractivity contribution < 1.29 is 138 Å². The summed E-state index contributed by atoms with van der Waals surface area (Å²) in [5, 5.41) is 11.9. The van der Waals surface area contributed by atoms with Crippen molar-refractivity contribution in [2.24, 2.45) is 76.9 Å². The normalized spacial score (nSPS) is 21.0. The molecule has 4 N–H and O–H groups in total. The number of anilines is 1. The minimum absolute atomic E-state index is 0.0291. The van der Waals surface area contributed by atoms with Crippen LogP contribution in [0.25, 0.3) is 0 Å². The average molecular weight is 2090 g/mol. The third-order valence-corrected chi connectivity index (χ3v) is 29.2. The maximum Gasteiger partial charge on any atom is 0.408 e. The van der Waals surface area contributed by atoms with Crippen molar-refractivity contribution in [2.45, 2.75) is 325 Å². The molecule has 0 spiro atoms. The van der Waals surface area contributed by atoms with Crippen LogP contribution < -0.4 is 11.1 Å². The molecule has 0 bridgehead atoms. The number of aliphatic carboxylic acids is 1. The first-order valence-electron chi connectivity index (χ1n) is 52.5. The number of carbonyl (C=O) groups excluding carboxylic acids is 15. The number of urea groups is 2. The van der Waals surface area contributed by atoms with Gasteiger partial charge in [0.05, 0.1) is 80.1 Å². The first-order chi connectivity index (χ1) is 70.8. The lowest BCUT2D eigenvalue weighted by molar-refractivity contribution is -0.186. The molecule has 8 amide bonds. The van der Waals surface area contributed by atoms with Crippen molar-refractivity contribution in [3.8, 4) is 0 Å². The average Bonchev–Trinajstić information content (AvgIpc) is 0.754. The molecule has 7 heterocycles. The Bertz CT molecular complexity index is 5320. The van der Waals surface area contributed by atoms with E-state index in [0.29, 0.717) is 95.0 Å². The van der Waals surface area contributed by atoms with Gasteiger partial charge in [-0.3, -0.25) is 77.5 Å². The first-order valence-corrected chi connectivity index (χ1v) is 52.5. The Kier molecular flexibility index (Phi) is 46.1. The molecule has 4 aliphatic heterocycles. The minimum Gasteiger partial charge on any atom is -0.480 e. The highest BCUT2D eigenvalue weighted by Crippen LogP contribution is 2.45. The quantitative estimate of drug-likeness (QED) is 0.0161. The smallest absolute Gasteiger partial charge is 0.408 e. The summed E-state index contributed by atoms with van der Waals surface area (Å²) >= 11 is 0. The van der Waals surface area contributed by atoms with Crippen LogP contribution in [0.4, 0.5) is 28.6 Å². The number of imide groups is 2. The van der Waals surface area contributed by atoms with Gasteiger partial charge in [-0.2, -0.15) is 13.2 Å². The molecular formula is C110H151F3N10O26. The van der Waals surface area contributed by atoms with Crippen LogP contribution in [0.1, 0.15) is 270 Å². The Hall–Kier alpha value is -12.7. The zero-order chi connectivity index (χ0) is 109. The molecule has 4 aromatic rings. The number of alkyl halides is 3. The zero-order valence-corrected chi connectivity index (χ0v) is 88.5. The van der Waals surface area contributed by atoms with Crippen molar-refractivity contribution in [1.29, 1.82) is 0 Å². The fourth-order valence-corrected chi connectivity index (χ4v) is 20.7. The summed E-state index contributed by atoms with van der Waals surface area (Å²) in [4.78, 5) is 219. The van der Waals surface area contributed by atoms with E-state index in [1.54, 1.807) is 135 Å². The molecule has 4 aliphatic carbocycles. The number of rotatable bonds is 40. The number of hydrogen-bond acceptors (Lipinski definition) is 29. The SMILES string of the molecule is C=C1[C@H](Cc2cccc(CC(=O)OCOC(=O)C(C)C)c2)[C@@H](C(=O)OCC)N1C(=O)N[C@@H](C1CCCCC1)C(F)(F)F.C=C1[C@H](Cc2ccnc(N)c2)[C@@H](C(=O)O)N1C(=O)N(C)[C@H](C)C1CCCCC1.CCOC(=O)[C@@H]1[C@@H](Cc2ccnc(CC(=O)OC(C)OC(=O)C(C)C)c2)C(=O)N1C(=O)C[C@H](C)C1CCCCC1.CCOC(=O)[C@@H]1[C@@H](Cc2ccnc(CC(=O)OCOC(=O)C(C)C)c2)C(=O)N1C(=O)C[C@H](C)C1CCCCC1. The minimum atomic E-state index is -4.64. The number of carboxylic acid groups (broad SMARTS) is 1. The Morgan fingerprint density at radius 2 is 0.819 bits per heavy atom. The van der Waals surface area contributed by atoms with Crippen LogP contribution >= 0.6 is 0 Å². The zero-order valence-electron chi connectivity index (χ0n) is 88.5. The number of nitrogen functional groups attached to an aromatic ring is 1. The summed E-state index contributed by atoms with van der Waals surface area (Å²) in [5.41, 5.74) is 10.9. The highest BCUT2D eigenvalue weighted by molar-refractivity contribution is 6.09. The number of pyridine rings is 3. The summed E-state index contributed by atoms with van der Waals surface area (Å²) < 4.78 is 87.3. The third kappa shape index (κ3) is 33.9. The fourth-order valence-electron chi connectivity index (χ4n) is 20.7. The number of amides is 8. The summed E-state index contributed by atoms with van der Waals surface area (Å²) in [6.07, 6.45) is 20.3. The lowest BCUT2D eigenvalue weighted by Crippen LogP contribution is -2.67. The van der Waals surface area contributed by atoms with E-state index in [4.69, 9.17) is 48.4 Å². The van der Waals surface area contributed by atoms with Gasteiger partial charge in [0.1, 0.15) is 36.0 Å². The lowest BCUT2D eigenvalue weighted by atomic mass is 9.78. The molecule has 12 rings (SSSR count). The van der Waals surface area contributed by atoms with Gasteiger partial charge in [-0.1, -0.05) is 196 Å². The Labute approximate surface area is 870 Å². The van der Waals surface area contributed by atoms with E-state index in [0.717, 1.165) is 90.9 Å². The molecule has 1 aromatic carbocycles. The molecule has 3 aromatic heterocycles. The predicted octanol–water partition coefficient (Wildman–Crippen LogP) is 15.4. The summed E-state index contributed by atoms with van der Waals surface area (Å²) in [7, 11) is 1.77. The van der Waals surface area contributed by atoms with Crippen LogP contribution in [0.3, 0.4) is 0 Å². The highest BCUT2D eigenvalue weighted by Gasteiger charge is 2.59. The van der Waals surface area contributed by atoms with Crippen LogP contribution in [0.15, 0.2) is 104 Å². The van der Waals surface area contributed by atoms with Crippen molar-refractivity contribution in [2.75, 3.05) is 46.2 Å². The number of β-lactam (4-membered cyclic amide) rings is 2. The van der Waals surface area contributed by atoms with Gasteiger partial charge in [0, 0.05) is 74.7 Å². The molecule has 0 radical (unpaired) electrons. The number of halogens is 3. The number of carboxylic acids is 1. The Morgan fingerprint density at radius 3 is 1.24 bits per heavy atom. The lowest BCUT2D eigenvalue weighted by Gasteiger charge is -2.50. The number of esters is 9. The summed E-state index contributed by atoms with van der Waals surface area (Å²) in [5.74, 6) is -9.79. The monoisotopic (exact) mass is 2090 g/mol. The number of benzene rings is 1. The molecule has 4 saturated heterocycles. The van der Waals surface area contributed by atoms with E-state index in [-0.39, 0.29) is 136 Å². The van der Waals surface area contributed by atoms with Crippen LogP contribution in [0.5, 0.6) is 0 Å². The predicted molar refractivity (Wildman–Crippen MR) is 537 cm³/mol. The standard InChI is InChI=1S/C30H39F3N2O7.C30H42N2O8.C29H40N2O8.C21H30N4O3/c1-5-40-28(38)25-23(15-20-10-9-11-21(14-20)16-24(36)41-17-42-27(37)18(2)3)19(4)35(25)29(39)34-26(30(31,32)33)22-12-7-6-8-13-22;1-6-38-30(37)27-24(28(35)32(27)25(33)14-19(4)22-10-8-7-9-11-22)16-21-12-13-31-23(15-21)17-26(34)39-20(5)40-29(36)18(2)3;1-5-37-29(36)26-23(27(34)31(26)24(32)13-19(4)21-9-7-6-8-10-21)15-20-11-12-30-22(14-20)16-25(33)38-17-39-28(35)18(2)3;1-13(16-7-5-4-6-8-16)24(3)21(28)25-14(2)17(19(25)20(26)27)11-15-9-10-23-18(22)12-15/h9-11,14,18,22-23,25-26H,4-8,12-13,15-17H2,1-3H3,(H,34,39);12-13,15,18-20,22,24,27H,6-11,14,16-17H2,1-5H3;11-12,14,18-19,21,23,26H,5-10,13,15-17H2,1-4H3;9-10,12-13,16-17,19H,2,4-8,11H2,1,3H3,(H2,22,23)(H,26,27)/t23-,25-,26-;19-,20?,24+,27-;19-,23+,26-;13-,17+,19+/m0001/s1. The second-order valence-electron chi connectivity index (χ2n) is 41.0. The molecule has 149 heavy (non-hydrogen) atoms. The van der Waals surface area contributed by atoms with E-state index in [2.05, 4.69) is 40.4 Å². The molecule has 1 unspecified atom stereocenters. The molecule has 13 atom stereocenters. The largest absolute Gasteiger partial charge is 0.480 e. The maximum absolute atomic E-state index is 14.0. The van der Waals surface area contributed by atoms with Crippen molar-refractivity contribution in [3.05, 3.63) is 143 Å². The topological polar surface area (TPSA) is 469 Å². The van der Waals surface area contributed by atoms with Gasteiger partial charge in [0.25, 0.3) is 0 Å². The van der Waals surface area contributed by atoms with Gasteiger partial charge < -0.3 is 63.7 Å². The molecular weight excluding hydrogens is 1930 g/mol. The van der Waals surface area contributed by atoms with E-state index in [1.165, 1.54) is 56.3 Å². The van der Waals surface area contributed by atoms with E-state index in [9.17, 15) is 95.0 Å². The van der Waals surface area contributed by atoms with E-state index < -0.39 is 157 Å². The van der Waals surface area contributed by atoms with Crippen LogP contribution in [-0.2, 0) is 155 Å². The van der Waals surface area contributed by atoms with Gasteiger partial charge in [-0.25, -0.2) is 33.8 Å². The second kappa shape index (κ2) is 57.3. The van der Waals surface area contributed by atoms with Crippen molar-refractivity contribution in [1.82, 2.24) is 44.8 Å². The summed E-state index contributed by atoms with van der Waals surface area (Å²) in [6.45, 7) is 29.9. The number of nitrogens with two attached hydrogens (primary N) is 1. The van der Waals surface area contributed by atoms with Crippen LogP contribution in [0.2, 0.25) is 0 Å². The van der Waals surface area contributed by atoms with Gasteiger partial charge in [-0.15, -0.1) is 0 Å². The Balaban J connectivity index is 0.000000222. The molecule has 36 nitrogen and oxygen atoms in total. The van der Waals surface area contributed by atoms with Gasteiger partial charge in [-0.05, 0) is 179 Å². The molecule has 8 aliphatic rings. The van der Waals surface area contributed by atoms with Crippen molar-refractivity contribution >= 4 is 101 Å². The molecule has 39 heteroatoms. The fraction of sp³-hybridized carbons (Fsp3) is 0.627. The number of aromatic nitrogens is 3. The molecule has 4 saturated carbocycles. The highest BCUT2D eigenvalue weighted by atomic mass is 19.4. The van der Waals surface area contributed by atoms with E-state index in [1.807, 2.05) is 19.9 Å². The number of ether oxygens (including phenoxy) is 9. The number of nitrogens with zero attached hydrogens (tertiary/aromatic N) is 8. The molecule has 818 valence electrons. The van der Waals surface area contributed by atoms with Gasteiger partial charge in [0.15, 0.2) is 0 Å². The number of hydrogen-bond donors (Lipinski definition) is 3. The van der Waals surface area contributed by atoms with Gasteiger partial charge >= 0.3 is 77.9 Å². The second-order valence-corrected chi connectivity index (χ2v) is 41.0. The summed E-state index contributed by atoms with van der Waals surface area (Å²) in [6, 6.07) is 9.90. The maximum atomic E-state index is 14.0. The van der Waals surface area contributed by atoms with Crippen LogP contribution in [0, 0.1) is 76.9 Å². The number of nitrogens with one attached hydrogen (secondary N) is 1. The number of likely N-dealkylation sites (tertiary alicyclic amines) is 4. The number of carbonyl (C=O) groups is 16.